The Hall–Kier alpha value is -5.15. The van der Waals surface area contributed by atoms with Crippen LogP contribution in [0.1, 0.15) is 219 Å². The number of hydrogen-bond acceptors (Lipinski definition) is 7. The van der Waals surface area contributed by atoms with Crippen molar-refractivity contribution in [2.75, 3.05) is 47.5 Å². The molecule has 2 atom stereocenters. The highest BCUT2D eigenvalue weighted by atomic mass is 31.2. The summed E-state index contributed by atoms with van der Waals surface area (Å²) in [7, 11) is 1.42. The van der Waals surface area contributed by atoms with E-state index in [0.29, 0.717) is 23.9 Å². The number of quaternary nitrogens is 1. The van der Waals surface area contributed by atoms with Gasteiger partial charge in [0.2, 0.25) is 0 Å². The zero-order valence-electron chi connectivity index (χ0n) is 54.7. The van der Waals surface area contributed by atoms with Gasteiger partial charge in [-0.1, -0.05) is 260 Å². The second kappa shape index (κ2) is 64.3. The van der Waals surface area contributed by atoms with Gasteiger partial charge >= 0.3 is 19.8 Å². The summed E-state index contributed by atoms with van der Waals surface area (Å²) >= 11 is 0. The van der Waals surface area contributed by atoms with Crippen molar-refractivity contribution >= 4 is 19.8 Å². The first-order valence-electron chi connectivity index (χ1n) is 33.2. The number of carbonyl (C=O) groups is 2. The smallest absolute Gasteiger partial charge is 0.462 e. The molecule has 9 nitrogen and oxygen atoms in total. The van der Waals surface area contributed by atoms with E-state index in [1.807, 2.05) is 21.1 Å². The molecule has 482 valence electrons. The quantitative estimate of drug-likeness (QED) is 0.0211. The number of unbranched alkanes of at least 4 members (excludes halogenated alkanes) is 12. The molecule has 0 aliphatic rings. The SMILES string of the molecule is CC/C=C\C/C=C\C/C=C\C/C=C\C/C=C\C/C=C\C/C=C\C/C=C\C/C=C\C/C=C\C/C=C\C/C=C\CCCCCCC(=O)OC(COC(=O)CCCCCCCCCC/C=C\C/C=C\C/C=C\C/C=C\CC)COP(=O)(O)OCC[N+](C)(C)C. The Morgan fingerprint density at radius 2 is 0.628 bits per heavy atom. The van der Waals surface area contributed by atoms with E-state index in [2.05, 4.69) is 208 Å². The van der Waals surface area contributed by atoms with E-state index >= 15 is 0 Å². The van der Waals surface area contributed by atoms with Gasteiger partial charge in [0.1, 0.15) is 19.8 Å². The maximum atomic E-state index is 12.8. The van der Waals surface area contributed by atoms with Crippen molar-refractivity contribution in [2.24, 2.45) is 0 Å². The summed E-state index contributed by atoms with van der Waals surface area (Å²) in [5.74, 6) is -0.851. The largest absolute Gasteiger partial charge is 0.472 e. The Balaban J connectivity index is 4.22. The average Bonchev–Trinajstić information content (AvgIpc) is 3.70. The van der Waals surface area contributed by atoms with E-state index in [9.17, 15) is 19.0 Å². The summed E-state index contributed by atoms with van der Waals surface area (Å²) in [4.78, 5) is 35.8. The number of rotatable bonds is 58. The van der Waals surface area contributed by atoms with Crippen molar-refractivity contribution in [3.8, 4) is 0 Å². The molecule has 0 aromatic rings. The average molecular weight is 1210 g/mol. The molecular formula is C76H121NO8P+. The molecule has 0 heterocycles. The number of carbonyl (C=O) groups excluding carboxylic acids is 2. The Morgan fingerprint density at radius 3 is 0.930 bits per heavy atom. The van der Waals surface area contributed by atoms with Gasteiger partial charge in [0.15, 0.2) is 6.10 Å². The number of esters is 2. The minimum atomic E-state index is -4.41. The van der Waals surface area contributed by atoms with Crippen LogP contribution in [0.15, 0.2) is 194 Å². The fourth-order valence-corrected chi connectivity index (χ4v) is 8.85. The summed E-state index contributed by atoms with van der Waals surface area (Å²) in [6.45, 7) is 4.14. The molecule has 0 spiro atoms. The molecule has 0 aromatic carbocycles. The van der Waals surface area contributed by atoms with Gasteiger partial charge in [0.05, 0.1) is 27.7 Å². The van der Waals surface area contributed by atoms with Crippen molar-refractivity contribution < 1.29 is 42.1 Å². The minimum absolute atomic E-state index is 0.0139. The number of phosphoric acid groups is 1. The van der Waals surface area contributed by atoms with E-state index in [0.717, 1.165) is 154 Å². The molecule has 0 bridgehead atoms. The molecular weight excluding hydrogens is 1090 g/mol. The summed E-state index contributed by atoms with van der Waals surface area (Å²) in [6.07, 6.45) is 101. The lowest BCUT2D eigenvalue weighted by atomic mass is 10.1. The Labute approximate surface area is 526 Å². The molecule has 0 aromatic heterocycles. The molecule has 0 amide bonds. The Bertz CT molecular complexity index is 2150. The molecule has 0 fully saturated rings. The normalized spacial score (nSPS) is 14.4. The van der Waals surface area contributed by atoms with Gasteiger partial charge in [0.25, 0.3) is 0 Å². The summed E-state index contributed by atoms with van der Waals surface area (Å²) in [5, 5.41) is 0. The molecule has 86 heavy (non-hydrogen) atoms. The zero-order valence-corrected chi connectivity index (χ0v) is 55.6. The maximum Gasteiger partial charge on any atom is 0.472 e. The lowest BCUT2D eigenvalue weighted by molar-refractivity contribution is -0.870. The fraction of sp³-hybridized carbons (Fsp3) is 0.553. The second-order valence-corrected chi connectivity index (χ2v) is 23.8. The topological polar surface area (TPSA) is 108 Å². The minimum Gasteiger partial charge on any atom is -0.462 e. The Kier molecular flexibility index (Phi) is 60.5. The van der Waals surface area contributed by atoms with Gasteiger partial charge in [0, 0.05) is 12.8 Å². The molecule has 0 aliphatic heterocycles. The third-order valence-electron chi connectivity index (χ3n) is 13.1. The predicted molar refractivity (Wildman–Crippen MR) is 371 cm³/mol. The summed E-state index contributed by atoms with van der Waals surface area (Å²) in [6, 6.07) is 0. The first-order valence-corrected chi connectivity index (χ1v) is 34.7. The van der Waals surface area contributed by atoms with Crippen LogP contribution in [-0.2, 0) is 32.7 Å². The van der Waals surface area contributed by atoms with Crippen LogP contribution in [0.4, 0.5) is 0 Å². The van der Waals surface area contributed by atoms with Crippen LogP contribution in [0, 0.1) is 0 Å². The summed E-state index contributed by atoms with van der Waals surface area (Å²) in [5.41, 5.74) is 0. The predicted octanol–water partition coefficient (Wildman–Crippen LogP) is 21.7. The van der Waals surface area contributed by atoms with E-state index in [-0.39, 0.29) is 26.1 Å². The van der Waals surface area contributed by atoms with Crippen molar-refractivity contribution in [3.05, 3.63) is 194 Å². The van der Waals surface area contributed by atoms with Gasteiger partial charge in [-0.2, -0.15) is 0 Å². The van der Waals surface area contributed by atoms with Crippen molar-refractivity contribution in [1.82, 2.24) is 0 Å². The maximum absolute atomic E-state index is 12.8. The van der Waals surface area contributed by atoms with Crippen LogP contribution < -0.4 is 0 Å². The summed E-state index contributed by atoms with van der Waals surface area (Å²) < 4.78 is 34.6. The van der Waals surface area contributed by atoms with Gasteiger partial charge in [-0.25, -0.2) is 4.57 Å². The zero-order chi connectivity index (χ0) is 62.6. The van der Waals surface area contributed by atoms with Gasteiger partial charge < -0.3 is 18.9 Å². The van der Waals surface area contributed by atoms with E-state index in [1.165, 1.54) is 25.7 Å². The van der Waals surface area contributed by atoms with E-state index in [4.69, 9.17) is 18.5 Å². The number of phosphoric ester groups is 1. The number of likely N-dealkylation sites (N-methyl/N-ethyl adjacent to an activating group) is 1. The third kappa shape index (κ3) is 68.0. The highest BCUT2D eigenvalue weighted by Crippen LogP contribution is 2.43. The highest BCUT2D eigenvalue weighted by molar-refractivity contribution is 7.47. The second-order valence-electron chi connectivity index (χ2n) is 22.4. The van der Waals surface area contributed by atoms with Crippen LogP contribution in [0.25, 0.3) is 0 Å². The van der Waals surface area contributed by atoms with Gasteiger partial charge in [-0.05, 0) is 141 Å². The third-order valence-corrected chi connectivity index (χ3v) is 14.1. The van der Waals surface area contributed by atoms with E-state index in [1.54, 1.807) is 0 Å². The number of nitrogens with zero attached hydrogens (tertiary/aromatic N) is 1. The lowest BCUT2D eigenvalue weighted by Gasteiger charge is -2.24. The first kappa shape index (κ1) is 80.8. The van der Waals surface area contributed by atoms with Crippen molar-refractivity contribution in [1.29, 1.82) is 0 Å². The van der Waals surface area contributed by atoms with Gasteiger partial charge in [-0.3, -0.25) is 18.6 Å². The molecule has 0 radical (unpaired) electrons. The molecule has 0 aliphatic carbocycles. The molecule has 0 saturated heterocycles. The van der Waals surface area contributed by atoms with Crippen LogP contribution in [0.3, 0.4) is 0 Å². The van der Waals surface area contributed by atoms with E-state index < -0.39 is 32.5 Å². The van der Waals surface area contributed by atoms with Crippen LogP contribution in [-0.4, -0.2) is 74.9 Å². The van der Waals surface area contributed by atoms with Crippen molar-refractivity contribution in [2.45, 2.75) is 225 Å². The number of hydrogen-bond donors (Lipinski definition) is 1. The fourth-order valence-electron chi connectivity index (χ4n) is 8.10. The van der Waals surface area contributed by atoms with Gasteiger partial charge in [-0.15, -0.1) is 0 Å². The highest BCUT2D eigenvalue weighted by Gasteiger charge is 2.27. The Morgan fingerprint density at radius 1 is 0.360 bits per heavy atom. The van der Waals surface area contributed by atoms with Crippen LogP contribution >= 0.6 is 7.82 Å². The molecule has 10 heteroatoms. The monoisotopic (exact) mass is 1210 g/mol. The first-order chi connectivity index (χ1) is 42.0. The standard InChI is InChI=1S/C76H120NO8P/c1-6-8-10-12-14-16-18-20-22-24-26-28-29-30-31-32-33-34-35-36-37-38-39-40-41-42-43-44-45-46-47-49-51-53-55-57-59-61-63-65-67-69-76(79)85-74(73-84-86(80,81)83-71-70-77(3,4)5)72-82-75(78)68-66-64-62-60-58-56-54-52-50-48-27-25-23-21-19-17-15-13-11-9-7-2/h8-11,14-17,20-23,26-28,30-31,33-34,36-37,39-40,42-43,45-46,48-49,51,55,57,74H,6-7,12-13,18-19,24-25,29,32,35,38,41,44,47,50,52-54,56,58-73H2,1-5H3/p+1/b10-8-,11-9-,16-14-,17-15-,22-20-,23-21-,28-26-,31-30-,34-33-,37-36-,40-39-,43-42-,46-45-,48-27-,51-49-,57-55-. The molecule has 0 rings (SSSR count). The number of allylic oxidation sites excluding steroid dienone is 32. The van der Waals surface area contributed by atoms with Crippen LogP contribution in [0.2, 0.25) is 0 Å². The molecule has 2 unspecified atom stereocenters. The number of ether oxygens (including phenoxy) is 2. The lowest BCUT2D eigenvalue weighted by Crippen LogP contribution is -2.37. The van der Waals surface area contributed by atoms with Crippen LogP contribution in [0.5, 0.6) is 0 Å². The molecule has 0 saturated carbocycles. The van der Waals surface area contributed by atoms with Crippen molar-refractivity contribution in [3.63, 3.8) is 0 Å². The molecule has 1 N–H and O–H groups in total.